The fourth-order valence-corrected chi connectivity index (χ4v) is 2.86. The third kappa shape index (κ3) is 4.54. The largest absolute Gasteiger partial charge is 0.461 e. The first kappa shape index (κ1) is 19.1. The lowest BCUT2D eigenvalue weighted by molar-refractivity contribution is -0.138. The first-order valence-electron chi connectivity index (χ1n) is 9.09. The van der Waals surface area contributed by atoms with Crippen molar-refractivity contribution in [2.75, 3.05) is 6.61 Å². The van der Waals surface area contributed by atoms with Crippen molar-refractivity contribution in [2.24, 2.45) is 0 Å². The van der Waals surface area contributed by atoms with Gasteiger partial charge in [0.1, 0.15) is 5.70 Å². The number of benzene rings is 3. The Bertz CT molecular complexity index is 923. The van der Waals surface area contributed by atoms with Crippen LogP contribution in [0, 0.1) is 0 Å². The second-order valence-electron chi connectivity index (χ2n) is 6.02. The van der Waals surface area contributed by atoms with Gasteiger partial charge >= 0.3 is 5.97 Å². The molecule has 0 unspecified atom stereocenters. The third-order valence-corrected chi connectivity index (χ3v) is 4.13. The molecule has 3 aromatic carbocycles. The van der Waals surface area contributed by atoms with E-state index in [2.05, 4.69) is 5.32 Å². The molecular formula is C24H21NO3. The van der Waals surface area contributed by atoms with Crippen molar-refractivity contribution >= 4 is 17.4 Å². The number of ether oxygens (including phenoxy) is 1. The highest BCUT2D eigenvalue weighted by Gasteiger charge is 2.22. The van der Waals surface area contributed by atoms with E-state index in [-0.39, 0.29) is 18.2 Å². The van der Waals surface area contributed by atoms with Gasteiger partial charge in [0.2, 0.25) is 0 Å². The lowest BCUT2D eigenvalue weighted by atomic mass is 9.95. The number of hydrogen-bond acceptors (Lipinski definition) is 3. The quantitative estimate of drug-likeness (QED) is 0.515. The molecule has 1 amide bonds. The summed E-state index contributed by atoms with van der Waals surface area (Å²) in [6.45, 7) is 1.94. The fraction of sp³-hybridized carbons (Fsp3) is 0.0833. The molecule has 0 aliphatic rings. The molecule has 140 valence electrons. The smallest absolute Gasteiger partial charge is 0.355 e. The first-order valence-corrected chi connectivity index (χ1v) is 9.09. The molecule has 0 spiro atoms. The second-order valence-corrected chi connectivity index (χ2v) is 6.02. The van der Waals surface area contributed by atoms with Gasteiger partial charge in [0.25, 0.3) is 5.91 Å². The highest BCUT2D eigenvalue weighted by molar-refractivity contribution is 6.07. The van der Waals surface area contributed by atoms with Gasteiger partial charge in [0.15, 0.2) is 0 Å². The van der Waals surface area contributed by atoms with Crippen molar-refractivity contribution in [1.82, 2.24) is 5.32 Å². The Kier molecular flexibility index (Phi) is 6.37. The maximum atomic E-state index is 12.8. The van der Waals surface area contributed by atoms with Crippen molar-refractivity contribution in [3.63, 3.8) is 0 Å². The highest BCUT2D eigenvalue weighted by atomic mass is 16.5. The topological polar surface area (TPSA) is 55.4 Å². The van der Waals surface area contributed by atoms with E-state index in [1.54, 1.807) is 31.2 Å². The van der Waals surface area contributed by atoms with E-state index in [0.717, 1.165) is 11.1 Å². The van der Waals surface area contributed by atoms with Crippen molar-refractivity contribution in [1.29, 1.82) is 0 Å². The minimum absolute atomic E-state index is 0.119. The van der Waals surface area contributed by atoms with Crippen LogP contribution in [0.2, 0.25) is 0 Å². The summed E-state index contributed by atoms with van der Waals surface area (Å²) in [5.41, 5.74) is 2.82. The molecule has 4 nitrogen and oxygen atoms in total. The minimum Gasteiger partial charge on any atom is -0.461 e. The van der Waals surface area contributed by atoms with Crippen LogP contribution in [0.4, 0.5) is 0 Å². The van der Waals surface area contributed by atoms with Crippen molar-refractivity contribution in [2.45, 2.75) is 6.92 Å². The zero-order valence-electron chi connectivity index (χ0n) is 15.6. The van der Waals surface area contributed by atoms with E-state index in [1.807, 2.05) is 66.7 Å². The Morgan fingerprint density at radius 1 is 0.714 bits per heavy atom. The summed E-state index contributed by atoms with van der Waals surface area (Å²) in [4.78, 5) is 25.6. The molecule has 3 aromatic rings. The molecule has 0 fully saturated rings. The maximum Gasteiger partial charge on any atom is 0.355 e. The molecule has 4 heteroatoms. The van der Waals surface area contributed by atoms with Gasteiger partial charge in [-0.2, -0.15) is 0 Å². The van der Waals surface area contributed by atoms with E-state index < -0.39 is 5.97 Å². The second kappa shape index (κ2) is 9.33. The Balaban J connectivity index is 2.16. The summed E-state index contributed by atoms with van der Waals surface area (Å²) in [6, 6.07) is 27.7. The molecule has 0 atom stereocenters. The third-order valence-electron chi connectivity index (χ3n) is 4.13. The van der Waals surface area contributed by atoms with Crippen LogP contribution >= 0.6 is 0 Å². The average Bonchev–Trinajstić information content (AvgIpc) is 2.75. The summed E-state index contributed by atoms with van der Waals surface area (Å²) in [7, 11) is 0. The standard InChI is InChI=1S/C24H21NO3/c1-2-28-24(27)22(25-23(26)20-16-10-5-11-17-20)21(18-12-6-3-7-13-18)19-14-8-4-9-15-19/h3-17H,2H2,1H3,(H,25,26). The first-order chi connectivity index (χ1) is 13.7. The predicted octanol–water partition coefficient (Wildman–Crippen LogP) is 4.44. The zero-order valence-corrected chi connectivity index (χ0v) is 15.6. The van der Waals surface area contributed by atoms with E-state index in [0.29, 0.717) is 11.1 Å². The Morgan fingerprint density at radius 2 is 1.14 bits per heavy atom. The number of esters is 1. The molecule has 0 saturated carbocycles. The number of amides is 1. The van der Waals surface area contributed by atoms with E-state index in [1.165, 1.54) is 0 Å². The lowest BCUT2D eigenvalue weighted by Crippen LogP contribution is -2.30. The van der Waals surface area contributed by atoms with Gasteiger partial charge in [-0.3, -0.25) is 4.79 Å². The highest BCUT2D eigenvalue weighted by Crippen LogP contribution is 2.27. The summed E-state index contributed by atoms with van der Waals surface area (Å²) in [6.07, 6.45) is 0. The van der Waals surface area contributed by atoms with Crippen LogP contribution in [0.1, 0.15) is 28.4 Å². The Hall–Kier alpha value is -3.66. The minimum atomic E-state index is -0.575. The molecule has 0 aromatic heterocycles. The van der Waals surface area contributed by atoms with Crippen LogP contribution in [0.3, 0.4) is 0 Å². The Labute approximate surface area is 164 Å². The fourth-order valence-electron chi connectivity index (χ4n) is 2.86. The van der Waals surface area contributed by atoms with Gasteiger partial charge in [0.05, 0.1) is 6.61 Å². The maximum absolute atomic E-state index is 12.8. The van der Waals surface area contributed by atoms with E-state index in [4.69, 9.17) is 4.74 Å². The SMILES string of the molecule is CCOC(=O)C(NC(=O)c1ccccc1)=C(c1ccccc1)c1ccccc1. The molecule has 0 aliphatic heterocycles. The van der Waals surface area contributed by atoms with Gasteiger partial charge in [-0.1, -0.05) is 78.9 Å². The van der Waals surface area contributed by atoms with Gasteiger partial charge in [-0.25, -0.2) is 4.79 Å². The van der Waals surface area contributed by atoms with Gasteiger partial charge in [0, 0.05) is 11.1 Å². The van der Waals surface area contributed by atoms with Crippen molar-refractivity contribution < 1.29 is 14.3 Å². The lowest BCUT2D eigenvalue weighted by Gasteiger charge is -2.16. The Morgan fingerprint density at radius 3 is 1.57 bits per heavy atom. The molecule has 0 radical (unpaired) electrons. The van der Waals surface area contributed by atoms with Gasteiger partial charge < -0.3 is 10.1 Å². The zero-order chi connectivity index (χ0) is 19.8. The predicted molar refractivity (Wildman–Crippen MR) is 109 cm³/mol. The van der Waals surface area contributed by atoms with Crippen LogP contribution in [-0.2, 0) is 9.53 Å². The summed E-state index contributed by atoms with van der Waals surface area (Å²) < 4.78 is 5.25. The van der Waals surface area contributed by atoms with Crippen LogP contribution in [0.15, 0.2) is 96.7 Å². The van der Waals surface area contributed by atoms with Crippen LogP contribution in [0.5, 0.6) is 0 Å². The molecule has 0 heterocycles. The average molecular weight is 371 g/mol. The number of nitrogens with one attached hydrogen (secondary N) is 1. The van der Waals surface area contributed by atoms with E-state index in [9.17, 15) is 9.59 Å². The number of carbonyl (C=O) groups excluding carboxylic acids is 2. The molecular weight excluding hydrogens is 350 g/mol. The normalized spacial score (nSPS) is 10.0. The molecule has 3 rings (SSSR count). The van der Waals surface area contributed by atoms with Crippen LogP contribution < -0.4 is 5.32 Å². The number of carbonyl (C=O) groups is 2. The molecule has 0 saturated heterocycles. The number of hydrogen-bond donors (Lipinski definition) is 1. The van der Waals surface area contributed by atoms with Gasteiger partial charge in [-0.15, -0.1) is 0 Å². The van der Waals surface area contributed by atoms with Crippen LogP contribution in [-0.4, -0.2) is 18.5 Å². The molecule has 0 aliphatic carbocycles. The summed E-state index contributed by atoms with van der Waals surface area (Å²) in [5, 5.41) is 2.78. The number of rotatable bonds is 6. The van der Waals surface area contributed by atoms with Gasteiger partial charge in [-0.05, 0) is 30.2 Å². The molecule has 28 heavy (non-hydrogen) atoms. The van der Waals surface area contributed by atoms with Crippen molar-refractivity contribution in [3.05, 3.63) is 113 Å². The molecule has 0 bridgehead atoms. The van der Waals surface area contributed by atoms with E-state index >= 15 is 0 Å². The summed E-state index contributed by atoms with van der Waals surface area (Å²) in [5.74, 6) is -0.942. The monoisotopic (exact) mass is 371 g/mol. The summed E-state index contributed by atoms with van der Waals surface area (Å²) >= 11 is 0. The molecule has 1 N–H and O–H groups in total. The van der Waals surface area contributed by atoms with Crippen molar-refractivity contribution in [3.8, 4) is 0 Å². The van der Waals surface area contributed by atoms with Crippen LogP contribution in [0.25, 0.3) is 5.57 Å².